The summed E-state index contributed by atoms with van der Waals surface area (Å²) in [6, 6.07) is 4.46. The molecule has 0 saturated carbocycles. The van der Waals surface area contributed by atoms with Crippen LogP contribution in [0.25, 0.3) is 0 Å². The van der Waals surface area contributed by atoms with Gasteiger partial charge in [0.25, 0.3) is 5.91 Å². The van der Waals surface area contributed by atoms with Gasteiger partial charge in [0.2, 0.25) is 0 Å². The van der Waals surface area contributed by atoms with Crippen LogP contribution >= 0.6 is 0 Å². The van der Waals surface area contributed by atoms with Crippen molar-refractivity contribution in [1.82, 2.24) is 4.90 Å². The first-order valence-electron chi connectivity index (χ1n) is 5.74. The van der Waals surface area contributed by atoms with Crippen LogP contribution in [0.15, 0.2) is 18.2 Å². The van der Waals surface area contributed by atoms with Gasteiger partial charge in [-0.2, -0.15) is 0 Å². The molecule has 1 aliphatic rings. The van der Waals surface area contributed by atoms with Gasteiger partial charge in [0, 0.05) is 12.1 Å². The molecule has 1 amide bonds. The van der Waals surface area contributed by atoms with E-state index in [0.29, 0.717) is 25.3 Å². The lowest BCUT2D eigenvalue weighted by Gasteiger charge is -2.33. The molecule has 0 N–H and O–H groups in total. The van der Waals surface area contributed by atoms with Crippen molar-refractivity contribution in [2.75, 3.05) is 19.8 Å². The maximum Gasteiger partial charge on any atom is 0.254 e. The molecule has 92 valence electrons. The van der Waals surface area contributed by atoms with Crippen molar-refractivity contribution in [2.24, 2.45) is 0 Å². The largest absolute Gasteiger partial charge is 0.377 e. The van der Waals surface area contributed by atoms with Crippen LogP contribution in [0.1, 0.15) is 22.8 Å². The highest BCUT2D eigenvalue weighted by Gasteiger charge is 2.25. The second-order valence-electron chi connectivity index (χ2n) is 4.44. The predicted octanol–water partition coefficient (Wildman–Crippen LogP) is 2.00. The standard InChI is InChI=1S/C13H16FNO2/c1-9-5-11(7-12(14)6-9)13(16)15-3-4-17-8-10(15)2/h5-7,10H,3-4,8H2,1-2H3. The molecule has 1 aromatic rings. The van der Waals surface area contributed by atoms with Crippen molar-refractivity contribution >= 4 is 5.91 Å². The zero-order valence-electron chi connectivity index (χ0n) is 10.1. The predicted molar refractivity (Wildman–Crippen MR) is 62.5 cm³/mol. The van der Waals surface area contributed by atoms with Gasteiger partial charge in [0.1, 0.15) is 5.82 Å². The summed E-state index contributed by atoms with van der Waals surface area (Å²) in [5.74, 6) is -0.488. The number of carbonyl (C=O) groups excluding carboxylic acids is 1. The average Bonchev–Trinajstić information content (AvgIpc) is 2.27. The SMILES string of the molecule is Cc1cc(F)cc(C(=O)N2CCOCC2C)c1. The maximum absolute atomic E-state index is 13.3. The number of benzene rings is 1. The number of aryl methyl sites for hydroxylation is 1. The van der Waals surface area contributed by atoms with Crippen molar-refractivity contribution in [3.63, 3.8) is 0 Å². The summed E-state index contributed by atoms with van der Waals surface area (Å²) in [4.78, 5) is 14.0. The van der Waals surface area contributed by atoms with Crippen molar-refractivity contribution in [2.45, 2.75) is 19.9 Å². The minimum atomic E-state index is -0.366. The Morgan fingerprint density at radius 3 is 2.88 bits per heavy atom. The zero-order chi connectivity index (χ0) is 12.4. The van der Waals surface area contributed by atoms with E-state index in [1.165, 1.54) is 12.1 Å². The molecule has 1 saturated heterocycles. The molecule has 1 heterocycles. The average molecular weight is 237 g/mol. The Balaban J connectivity index is 2.23. The first kappa shape index (κ1) is 12.0. The van der Waals surface area contributed by atoms with Crippen LogP contribution in [0, 0.1) is 12.7 Å². The Kier molecular flexibility index (Phi) is 3.43. The monoisotopic (exact) mass is 237 g/mol. The van der Waals surface area contributed by atoms with Gasteiger partial charge in [-0.3, -0.25) is 4.79 Å². The molecule has 1 aromatic carbocycles. The molecule has 1 atom stereocenters. The number of carbonyl (C=O) groups is 1. The minimum absolute atomic E-state index is 0.0415. The highest BCUT2D eigenvalue weighted by Crippen LogP contribution is 2.15. The van der Waals surface area contributed by atoms with Gasteiger partial charge in [-0.15, -0.1) is 0 Å². The van der Waals surface area contributed by atoms with Crippen molar-refractivity contribution in [3.8, 4) is 0 Å². The van der Waals surface area contributed by atoms with Gasteiger partial charge in [-0.1, -0.05) is 0 Å². The van der Waals surface area contributed by atoms with E-state index < -0.39 is 0 Å². The lowest BCUT2D eigenvalue weighted by Crippen LogP contribution is -2.47. The molecule has 1 fully saturated rings. The Bertz CT molecular complexity index is 413. The molecule has 1 unspecified atom stereocenters. The summed E-state index contributed by atoms with van der Waals surface area (Å²) in [7, 11) is 0. The van der Waals surface area contributed by atoms with E-state index in [4.69, 9.17) is 4.74 Å². The summed E-state index contributed by atoms with van der Waals surface area (Å²) in [6.07, 6.45) is 0. The number of halogens is 1. The summed E-state index contributed by atoms with van der Waals surface area (Å²) >= 11 is 0. The van der Waals surface area contributed by atoms with E-state index in [2.05, 4.69) is 0 Å². The lowest BCUT2D eigenvalue weighted by atomic mass is 10.1. The van der Waals surface area contributed by atoms with Gasteiger partial charge >= 0.3 is 0 Å². The molecule has 0 aromatic heterocycles. The van der Waals surface area contributed by atoms with Crippen LogP contribution in [0.4, 0.5) is 4.39 Å². The van der Waals surface area contributed by atoms with E-state index in [-0.39, 0.29) is 17.8 Å². The molecule has 3 nitrogen and oxygen atoms in total. The van der Waals surface area contributed by atoms with E-state index >= 15 is 0 Å². The van der Waals surface area contributed by atoms with Gasteiger partial charge in [0.05, 0.1) is 19.3 Å². The molecule has 4 heteroatoms. The van der Waals surface area contributed by atoms with Crippen LogP contribution in [0.2, 0.25) is 0 Å². The third-order valence-corrected chi connectivity index (χ3v) is 2.92. The Morgan fingerprint density at radius 1 is 1.47 bits per heavy atom. The summed E-state index contributed by atoms with van der Waals surface area (Å²) in [6.45, 7) is 5.37. The van der Waals surface area contributed by atoms with E-state index in [1.807, 2.05) is 6.92 Å². The number of nitrogens with zero attached hydrogens (tertiary/aromatic N) is 1. The van der Waals surface area contributed by atoms with Crippen molar-refractivity contribution < 1.29 is 13.9 Å². The Labute approximate surface area is 100 Å². The molecule has 2 rings (SSSR count). The molecule has 0 spiro atoms. The first-order chi connectivity index (χ1) is 8.08. The third-order valence-electron chi connectivity index (χ3n) is 2.92. The fraction of sp³-hybridized carbons (Fsp3) is 0.462. The quantitative estimate of drug-likeness (QED) is 0.747. The van der Waals surface area contributed by atoms with E-state index in [1.54, 1.807) is 17.9 Å². The van der Waals surface area contributed by atoms with Crippen LogP contribution in [-0.2, 0) is 4.74 Å². The van der Waals surface area contributed by atoms with Crippen LogP contribution in [0.5, 0.6) is 0 Å². The Hall–Kier alpha value is -1.42. The highest BCUT2D eigenvalue weighted by atomic mass is 19.1. The van der Waals surface area contributed by atoms with Gasteiger partial charge in [0.15, 0.2) is 0 Å². The second-order valence-corrected chi connectivity index (χ2v) is 4.44. The number of amides is 1. The number of hydrogen-bond donors (Lipinski definition) is 0. The van der Waals surface area contributed by atoms with Crippen LogP contribution in [-0.4, -0.2) is 36.6 Å². The molecule has 0 bridgehead atoms. The summed E-state index contributed by atoms with van der Waals surface area (Å²) < 4.78 is 18.5. The highest BCUT2D eigenvalue weighted by molar-refractivity contribution is 5.94. The molecule has 1 aliphatic heterocycles. The smallest absolute Gasteiger partial charge is 0.254 e. The fourth-order valence-electron chi connectivity index (χ4n) is 2.05. The van der Waals surface area contributed by atoms with Crippen molar-refractivity contribution in [3.05, 3.63) is 35.1 Å². The van der Waals surface area contributed by atoms with E-state index in [9.17, 15) is 9.18 Å². The van der Waals surface area contributed by atoms with Gasteiger partial charge in [-0.05, 0) is 37.6 Å². The maximum atomic E-state index is 13.3. The molecular weight excluding hydrogens is 221 g/mol. The third kappa shape index (κ3) is 2.64. The molecule has 17 heavy (non-hydrogen) atoms. The minimum Gasteiger partial charge on any atom is -0.377 e. The number of morpholine rings is 1. The molecule has 0 radical (unpaired) electrons. The van der Waals surface area contributed by atoms with Crippen LogP contribution < -0.4 is 0 Å². The first-order valence-corrected chi connectivity index (χ1v) is 5.74. The van der Waals surface area contributed by atoms with Crippen molar-refractivity contribution in [1.29, 1.82) is 0 Å². The van der Waals surface area contributed by atoms with E-state index in [0.717, 1.165) is 5.56 Å². The summed E-state index contributed by atoms with van der Waals surface area (Å²) in [5, 5.41) is 0. The lowest BCUT2D eigenvalue weighted by molar-refractivity contribution is 0.00357. The van der Waals surface area contributed by atoms with Crippen LogP contribution in [0.3, 0.4) is 0 Å². The van der Waals surface area contributed by atoms with Gasteiger partial charge in [-0.25, -0.2) is 4.39 Å². The molecule has 0 aliphatic carbocycles. The topological polar surface area (TPSA) is 29.5 Å². The summed E-state index contributed by atoms with van der Waals surface area (Å²) in [5.41, 5.74) is 1.17. The zero-order valence-corrected chi connectivity index (χ0v) is 10.1. The number of rotatable bonds is 1. The van der Waals surface area contributed by atoms with Gasteiger partial charge < -0.3 is 9.64 Å². The second kappa shape index (κ2) is 4.84. The number of hydrogen-bond acceptors (Lipinski definition) is 2. The number of ether oxygens (including phenoxy) is 1. The fourth-order valence-corrected chi connectivity index (χ4v) is 2.05. The normalized spacial score (nSPS) is 20.4. The molecular formula is C13H16FNO2. The Morgan fingerprint density at radius 2 is 2.24 bits per heavy atom.